The molecule has 17 rings (SSSR count). The fraction of sp³-hybridized carbons (Fsp3) is 0.0989. The van der Waals surface area contributed by atoms with Crippen LogP contribution in [0, 0.1) is 0 Å². The van der Waals surface area contributed by atoms with E-state index in [4.69, 9.17) is 9.97 Å². The second-order valence-electron chi connectivity index (χ2n) is 27.4. The van der Waals surface area contributed by atoms with Gasteiger partial charge in [-0.15, -0.1) is 0 Å². The lowest BCUT2D eigenvalue weighted by Crippen LogP contribution is -2.17. The van der Waals surface area contributed by atoms with Crippen molar-refractivity contribution >= 4 is 80.5 Å². The first kappa shape index (κ1) is 57.4. The van der Waals surface area contributed by atoms with Crippen LogP contribution in [-0.2, 0) is 16.2 Å². The Morgan fingerprint density at radius 1 is 0.253 bits per heavy atom. The van der Waals surface area contributed by atoms with E-state index in [1.165, 1.54) is 89.0 Å². The number of anilines is 6. The summed E-state index contributed by atoms with van der Waals surface area (Å²) in [6.45, 7) is 14.3. The Morgan fingerprint density at radius 3 is 0.905 bits per heavy atom. The normalized spacial score (nSPS) is 14.2. The lowest BCUT2D eigenvalue weighted by atomic mass is 9.81. The van der Waals surface area contributed by atoms with Gasteiger partial charge in [-0.05, 0) is 173 Å². The molecule has 0 fully saturated rings. The fourth-order valence-corrected chi connectivity index (χ4v) is 15.5. The molecule has 0 amide bonds. The minimum atomic E-state index is -0.251. The molecule has 3 aliphatic carbocycles. The summed E-state index contributed by atoms with van der Waals surface area (Å²) in [6.07, 6.45) is 9.17. The van der Waals surface area contributed by atoms with Gasteiger partial charge in [0.05, 0.1) is 22.4 Å². The molecule has 4 nitrogen and oxygen atoms in total. The smallest absolute Gasteiger partial charge is 0.138 e. The van der Waals surface area contributed by atoms with Gasteiger partial charge < -0.3 is 0 Å². The lowest BCUT2D eigenvalue weighted by molar-refractivity contribution is 0.660. The van der Waals surface area contributed by atoms with Crippen molar-refractivity contribution in [1.29, 1.82) is 0 Å². The van der Waals surface area contributed by atoms with Crippen molar-refractivity contribution in [3.8, 4) is 55.6 Å². The highest BCUT2D eigenvalue weighted by Gasteiger charge is 2.39. The number of rotatable bonds is 12. The van der Waals surface area contributed by atoms with Crippen LogP contribution in [0.2, 0.25) is 0 Å². The first-order valence-electron chi connectivity index (χ1n) is 33.2. The van der Waals surface area contributed by atoms with Crippen LogP contribution in [0.3, 0.4) is 0 Å². The SMILES string of the molecule is CC1(C)c2cc(C=Cc3ccc4c(c3)C(C)(C)c3cc(N(c5ccc6ccccc6n5)c5ccccc5-c5ccccc5)ccc3-4)ccc2-c2ccc(C=Cc3ccc4c(c3)C(C)(C)c3cc(N(c5ccc6ccccc6n5)c5ccccc5-c5ccccc5)ccc3-4)cc21. The second-order valence-corrected chi connectivity index (χ2v) is 27.4. The highest BCUT2D eigenvalue weighted by molar-refractivity contribution is 5.95. The predicted octanol–water partition coefficient (Wildman–Crippen LogP) is 24.3. The molecule has 95 heavy (non-hydrogen) atoms. The van der Waals surface area contributed by atoms with E-state index in [1.54, 1.807) is 0 Å². The number of hydrogen-bond donors (Lipinski definition) is 0. The van der Waals surface area contributed by atoms with Crippen LogP contribution in [0.15, 0.2) is 291 Å². The summed E-state index contributed by atoms with van der Waals surface area (Å²) in [6, 6.07) is 106. The molecule has 14 aromatic rings. The Morgan fingerprint density at radius 2 is 0.547 bits per heavy atom. The summed E-state index contributed by atoms with van der Waals surface area (Å²) in [4.78, 5) is 15.3. The van der Waals surface area contributed by atoms with Crippen molar-refractivity contribution in [2.75, 3.05) is 9.80 Å². The highest BCUT2D eigenvalue weighted by Crippen LogP contribution is 2.55. The maximum Gasteiger partial charge on any atom is 0.138 e. The molecule has 3 aliphatic rings. The third-order valence-electron chi connectivity index (χ3n) is 20.6. The van der Waals surface area contributed by atoms with E-state index in [2.05, 4.69) is 367 Å². The molecule has 0 unspecified atom stereocenters. The zero-order valence-corrected chi connectivity index (χ0v) is 54.3. The lowest BCUT2D eigenvalue weighted by Gasteiger charge is -2.29. The van der Waals surface area contributed by atoms with E-state index in [-0.39, 0.29) is 16.2 Å². The third kappa shape index (κ3) is 9.73. The largest absolute Gasteiger partial charge is 0.294 e. The Kier molecular flexibility index (Phi) is 13.5. The fourth-order valence-electron chi connectivity index (χ4n) is 15.5. The molecule has 0 radical (unpaired) electrons. The molecule has 12 aromatic carbocycles. The van der Waals surface area contributed by atoms with Crippen LogP contribution in [0.4, 0.5) is 34.4 Å². The maximum absolute atomic E-state index is 5.30. The van der Waals surface area contributed by atoms with E-state index >= 15 is 0 Å². The number of benzene rings is 12. The van der Waals surface area contributed by atoms with Crippen molar-refractivity contribution in [2.45, 2.75) is 57.8 Å². The predicted molar refractivity (Wildman–Crippen MR) is 401 cm³/mol. The number of aromatic nitrogens is 2. The Bertz CT molecular complexity index is 5140. The highest BCUT2D eigenvalue weighted by atomic mass is 15.2. The van der Waals surface area contributed by atoms with Gasteiger partial charge in [0.25, 0.3) is 0 Å². The van der Waals surface area contributed by atoms with Crippen molar-refractivity contribution < 1.29 is 0 Å². The van der Waals surface area contributed by atoms with Crippen LogP contribution >= 0.6 is 0 Å². The molecule has 2 aromatic heterocycles. The number of pyridine rings is 2. The van der Waals surface area contributed by atoms with Crippen molar-refractivity contribution in [1.82, 2.24) is 9.97 Å². The van der Waals surface area contributed by atoms with Crippen LogP contribution in [-0.4, -0.2) is 9.97 Å². The summed E-state index contributed by atoms with van der Waals surface area (Å²) >= 11 is 0. The summed E-state index contributed by atoms with van der Waals surface area (Å²) in [5.74, 6) is 1.76. The van der Waals surface area contributed by atoms with Crippen LogP contribution in [0.1, 0.15) is 97.2 Å². The van der Waals surface area contributed by atoms with Crippen LogP contribution in [0.5, 0.6) is 0 Å². The molecule has 0 saturated heterocycles. The molecular weight excluding hydrogens is 1150 g/mol. The molecule has 0 N–H and O–H groups in total. The summed E-state index contributed by atoms with van der Waals surface area (Å²) in [5, 5.41) is 2.24. The molecule has 4 heteroatoms. The summed E-state index contributed by atoms with van der Waals surface area (Å²) in [5.41, 5.74) is 30.7. The Hall–Kier alpha value is -11.5. The van der Waals surface area contributed by atoms with Gasteiger partial charge in [-0.2, -0.15) is 0 Å². The summed E-state index contributed by atoms with van der Waals surface area (Å²) in [7, 11) is 0. The van der Waals surface area contributed by atoms with Gasteiger partial charge in [-0.1, -0.05) is 284 Å². The first-order chi connectivity index (χ1) is 46.3. The van der Waals surface area contributed by atoms with Crippen molar-refractivity contribution in [3.63, 3.8) is 0 Å². The van der Waals surface area contributed by atoms with Crippen LogP contribution < -0.4 is 9.80 Å². The first-order valence-corrected chi connectivity index (χ1v) is 33.2. The van der Waals surface area contributed by atoms with Gasteiger partial charge in [-0.3, -0.25) is 9.80 Å². The molecule has 0 saturated carbocycles. The van der Waals surface area contributed by atoms with E-state index in [1.807, 2.05) is 0 Å². The maximum atomic E-state index is 5.30. The Labute approximate surface area is 557 Å². The monoisotopic (exact) mass is 1220 g/mol. The van der Waals surface area contributed by atoms with Gasteiger partial charge in [0.15, 0.2) is 0 Å². The minimum Gasteiger partial charge on any atom is -0.294 e. The number of para-hydroxylation sites is 4. The molecule has 0 aliphatic heterocycles. The van der Waals surface area contributed by atoms with Gasteiger partial charge in [0, 0.05) is 49.5 Å². The van der Waals surface area contributed by atoms with Gasteiger partial charge in [0.2, 0.25) is 0 Å². The second kappa shape index (κ2) is 22.4. The zero-order valence-electron chi connectivity index (χ0n) is 54.3. The minimum absolute atomic E-state index is 0.185. The van der Waals surface area contributed by atoms with E-state index in [0.717, 1.165) is 78.4 Å². The number of hydrogen-bond acceptors (Lipinski definition) is 4. The molecular formula is C91H70N4. The van der Waals surface area contributed by atoms with Gasteiger partial charge >= 0.3 is 0 Å². The molecule has 2 heterocycles. The van der Waals surface area contributed by atoms with Crippen LogP contribution in [0.25, 0.3) is 102 Å². The van der Waals surface area contributed by atoms with Gasteiger partial charge in [-0.25, -0.2) is 9.97 Å². The number of fused-ring (bicyclic) bond motifs is 11. The van der Waals surface area contributed by atoms with E-state index < -0.39 is 0 Å². The quantitative estimate of drug-likeness (QED) is 0.114. The number of nitrogens with zero attached hydrogens (tertiary/aromatic N) is 4. The van der Waals surface area contributed by atoms with Crippen molar-refractivity contribution in [2.24, 2.45) is 0 Å². The zero-order chi connectivity index (χ0) is 64.2. The van der Waals surface area contributed by atoms with E-state index in [9.17, 15) is 0 Å². The third-order valence-corrected chi connectivity index (χ3v) is 20.6. The average Bonchev–Trinajstić information content (AvgIpc) is 1.60. The average molecular weight is 1220 g/mol. The van der Waals surface area contributed by atoms with E-state index in [0.29, 0.717) is 0 Å². The molecule has 454 valence electrons. The standard InChI is InChI=1S/C91H70N4/c1-89(2)77-53-59(33-35-61-39-47-73-75-49-43-67(57-81(75)90(3,4)79(73)55-61)94(87-51-41-65-25-13-17-29-83(65)92-87)85-31-19-15-27-69(85)63-21-9-7-10-22-63)37-45-71(77)72-46-38-60(54-78(72)89)34-36-62-40-48-74-76-50-44-68(58-82(76)91(5,6)80(74)56-62)95(88-52-42-66-26-14-18-30-84(66)93-88)86-32-20-16-28-70(86)64-23-11-8-12-24-64/h7-58H,1-6H3. The van der Waals surface area contributed by atoms with Gasteiger partial charge in [0.1, 0.15) is 11.6 Å². The van der Waals surface area contributed by atoms with Crippen molar-refractivity contribution in [3.05, 3.63) is 347 Å². The molecule has 0 spiro atoms. The molecule has 0 bridgehead atoms. The Balaban J connectivity index is 0.623. The summed E-state index contributed by atoms with van der Waals surface area (Å²) < 4.78 is 0. The molecule has 0 atom stereocenters. The topological polar surface area (TPSA) is 32.3 Å².